The smallest absolute Gasteiger partial charge is 0.260 e. The predicted molar refractivity (Wildman–Crippen MR) is 98.1 cm³/mol. The van der Waals surface area contributed by atoms with Crippen molar-refractivity contribution in [2.24, 2.45) is 0 Å². The average molecular weight is 339 g/mol. The number of hydrogen-bond donors (Lipinski definition) is 0. The molecule has 1 atom stereocenters. The lowest BCUT2D eigenvalue weighted by atomic mass is 9.94. The fourth-order valence-corrected chi connectivity index (χ4v) is 3.29. The fourth-order valence-electron chi connectivity index (χ4n) is 3.29. The molecule has 1 aliphatic heterocycles. The zero-order chi connectivity index (χ0) is 17.5. The van der Waals surface area contributed by atoms with Crippen LogP contribution in [0.25, 0.3) is 0 Å². The summed E-state index contributed by atoms with van der Waals surface area (Å²) in [5, 5.41) is 0. The highest BCUT2D eigenvalue weighted by molar-refractivity contribution is 5.78. The van der Waals surface area contributed by atoms with Gasteiger partial charge in [-0.05, 0) is 30.5 Å². The highest BCUT2D eigenvalue weighted by atomic mass is 16.5. The molecule has 4 nitrogen and oxygen atoms in total. The van der Waals surface area contributed by atoms with E-state index >= 15 is 0 Å². The molecule has 25 heavy (non-hydrogen) atoms. The summed E-state index contributed by atoms with van der Waals surface area (Å²) in [6.07, 6.45) is 3.33. The summed E-state index contributed by atoms with van der Waals surface area (Å²) in [7, 11) is 1.62. The van der Waals surface area contributed by atoms with E-state index in [1.165, 1.54) is 5.56 Å². The van der Waals surface area contributed by atoms with Crippen molar-refractivity contribution in [2.75, 3.05) is 26.8 Å². The van der Waals surface area contributed by atoms with Crippen LogP contribution >= 0.6 is 0 Å². The van der Waals surface area contributed by atoms with E-state index in [1.807, 2.05) is 29.2 Å². The summed E-state index contributed by atoms with van der Waals surface area (Å²) < 4.78 is 10.9. The van der Waals surface area contributed by atoms with E-state index in [-0.39, 0.29) is 12.5 Å². The molecule has 0 radical (unpaired) electrons. The van der Waals surface area contributed by atoms with Gasteiger partial charge in [0.05, 0.1) is 7.11 Å². The molecule has 0 spiro atoms. The number of benzene rings is 2. The molecule has 1 unspecified atom stereocenters. The number of carbonyl (C=O) groups excluding carboxylic acids is 1. The molecular weight excluding hydrogens is 314 g/mol. The van der Waals surface area contributed by atoms with E-state index in [2.05, 4.69) is 24.3 Å². The third-order valence-electron chi connectivity index (χ3n) is 4.70. The number of rotatable bonds is 5. The Kier molecular flexibility index (Phi) is 5.94. The number of nitrogens with zero attached hydrogens (tertiary/aromatic N) is 1. The molecule has 2 aromatic carbocycles. The lowest BCUT2D eigenvalue weighted by molar-refractivity contribution is -0.133. The van der Waals surface area contributed by atoms with Crippen molar-refractivity contribution in [1.29, 1.82) is 0 Å². The maximum absolute atomic E-state index is 12.6. The molecule has 1 aliphatic rings. The Morgan fingerprint density at radius 1 is 1.08 bits per heavy atom. The molecule has 1 saturated heterocycles. The SMILES string of the molecule is COc1cccc(OCC(=O)N2CCCCC(c3ccccc3)C2)c1. The summed E-state index contributed by atoms with van der Waals surface area (Å²) in [6, 6.07) is 17.8. The number of ether oxygens (including phenoxy) is 2. The molecule has 2 aromatic rings. The predicted octanol–water partition coefficient (Wildman–Crippen LogP) is 3.87. The maximum Gasteiger partial charge on any atom is 0.260 e. The molecule has 0 bridgehead atoms. The van der Waals surface area contributed by atoms with E-state index in [0.29, 0.717) is 11.7 Å². The second kappa shape index (κ2) is 8.56. The Bertz CT molecular complexity index is 687. The Labute approximate surface area is 149 Å². The summed E-state index contributed by atoms with van der Waals surface area (Å²) in [4.78, 5) is 14.6. The molecule has 1 fully saturated rings. The maximum atomic E-state index is 12.6. The monoisotopic (exact) mass is 339 g/mol. The van der Waals surface area contributed by atoms with Gasteiger partial charge in [0.25, 0.3) is 5.91 Å². The van der Waals surface area contributed by atoms with Crippen LogP contribution in [0.15, 0.2) is 54.6 Å². The molecule has 0 aliphatic carbocycles. The van der Waals surface area contributed by atoms with Crippen LogP contribution in [0.3, 0.4) is 0 Å². The van der Waals surface area contributed by atoms with Crippen molar-refractivity contribution in [3.63, 3.8) is 0 Å². The molecule has 132 valence electrons. The van der Waals surface area contributed by atoms with Gasteiger partial charge in [0.2, 0.25) is 0 Å². The highest BCUT2D eigenvalue weighted by Crippen LogP contribution is 2.26. The average Bonchev–Trinajstić information content (AvgIpc) is 2.93. The van der Waals surface area contributed by atoms with Gasteiger partial charge in [0.1, 0.15) is 11.5 Å². The molecular formula is C21H25NO3. The largest absolute Gasteiger partial charge is 0.497 e. The number of amides is 1. The van der Waals surface area contributed by atoms with Gasteiger partial charge in [0, 0.05) is 25.1 Å². The van der Waals surface area contributed by atoms with Crippen molar-refractivity contribution < 1.29 is 14.3 Å². The van der Waals surface area contributed by atoms with Gasteiger partial charge in [-0.2, -0.15) is 0 Å². The third kappa shape index (κ3) is 4.75. The second-order valence-electron chi connectivity index (χ2n) is 6.41. The van der Waals surface area contributed by atoms with E-state index in [4.69, 9.17) is 9.47 Å². The Morgan fingerprint density at radius 2 is 1.88 bits per heavy atom. The molecule has 0 aromatic heterocycles. The highest BCUT2D eigenvalue weighted by Gasteiger charge is 2.23. The molecule has 4 heteroatoms. The van der Waals surface area contributed by atoms with Gasteiger partial charge in [-0.3, -0.25) is 4.79 Å². The van der Waals surface area contributed by atoms with Gasteiger partial charge in [-0.25, -0.2) is 0 Å². The van der Waals surface area contributed by atoms with E-state index in [1.54, 1.807) is 13.2 Å². The lowest BCUT2D eigenvalue weighted by Crippen LogP contribution is -2.37. The lowest BCUT2D eigenvalue weighted by Gasteiger charge is -2.25. The summed E-state index contributed by atoms with van der Waals surface area (Å²) in [5.41, 5.74) is 1.32. The van der Waals surface area contributed by atoms with E-state index < -0.39 is 0 Å². The Balaban J connectivity index is 1.60. The van der Waals surface area contributed by atoms with Crippen LogP contribution in [0.2, 0.25) is 0 Å². The van der Waals surface area contributed by atoms with Crippen LogP contribution in [0, 0.1) is 0 Å². The van der Waals surface area contributed by atoms with Gasteiger partial charge in [-0.1, -0.05) is 42.8 Å². The molecule has 0 N–H and O–H groups in total. The van der Waals surface area contributed by atoms with Gasteiger partial charge in [0.15, 0.2) is 6.61 Å². The van der Waals surface area contributed by atoms with E-state index in [0.717, 1.165) is 38.1 Å². The minimum Gasteiger partial charge on any atom is -0.497 e. The van der Waals surface area contributed by atoms with Crippen molar-refractivity contribution in [2.45, 2.75) is 25.2 Å². The van der Waals surface area contributed by atoms with Crippen molar-refractivity contribution in [1.82, 2.24) is 4.90 Å². The first-order valence-corrected chi connectivity index (χ1v) is 8.86. The summed E-state index contributed by atoms with van der Waals surface area (Å²) >= 11 is 0. The van der Waals surface area contributed by atoms with Gasteiger partial charge < -0.3 is 14.4 Å². The van der Waals surface area contributed by atoms with Crippen molar-refractivity contribution in [3.8, 4) is 11.5 Å². The van der Waals surface area contributed by atoms with Crippen LogP contribution in [-0.4, -0.2) is 37.6 Å². The van der Waals surface area contributed by atoms with Gasteiger partial charge in [-0.15, -0.1) is 0 Å². The summed E-state index contributed by atoms with van der Waals surface area (Å²) in [6.45, 7) is 1.64. The standard InChI is InChI=1S/C21H25NO3/c1-24-19-11-7-12-20(14-19)25-16-21(23)22-13-6-5-10-18(15-22)17-8-3-2-4-9-17/h2-4,7-9,11-12,14,18H,5-6,10,13,15-16H2,1H3. The quantitative estimate of drug-likeness (QED) is 0.830. The minimum atomic E-state index is 0.0469. The minimum absolute atomic E-state index is 0.0469. The van der Waals surface area contributed by atoms with Crippen LogP contribution in [0.1, 0.15) is 30.7 Å². The molecule has 1 amide bonds. The topological polar surface area (TPSA) is 38.8 Å². The van der Waals surface area contributed by atoms with Crippen molar-refractivity contribution in [3.05, 3.63) is 60.2 Å². The Morgan fingerprint density at radius 3 is 2.68 bits per heavy atom. The number of hydrogen-bond acceptors (Lipinski definition) is 3. The van der Waals surface area contributed by atoms with Crippen molar-refractivity contribution >= 4 is 5.91 Å². The van der Waals surface area contributed by atoms with E-state index in [9.17, 15) is 4.79 Å². The van der Waals surface area contributed by atoms with Gasteiger partial charge >= 0.3 is 0 Å². The van der Waals surface area contributed by atoms with Crippen LogP contribution < -0.4 is 9.47 Å². The Hall–Kier alpha value is -2.49. The zero-order valence-electron chi connectivity index (χ0n) is 14.7. The van der Waals surface area contributed by atoms with Crippen LogP contribution in [0.5, 0.6) is 11.5 Å². The number of methoxy groups -OCH3 is 1. The molecule has 1 heterocycles. The van der Waals surface area contributed by atoms with Crippen LogP contribution in [-0.2, 0) is 4.79 Å². The summed E-state index contributed by atoms with van der Waals surface area (Å²) in [5.74, 6) is 1.83. The number of carbonyl (C=O) groups is 1. The van der Waals surface area contributed by atoms with Crippen LogP contribution in [0.4, 0.5) is 0 Å². The molecule has 0 saturated carbocycles. The first-order valence-electron chi connectivity index (χ1n) is 8.86. The first-order chi connectivity index (χ1) is 12.3. The fraction of sp³-hybridized carbons (Fsp3) is 0.381. The first kappa shape index (κ1) is 17.3. The number of likely N-dealkylation sites (tertiary alicyclic amines) is 1. The zero-order valence-corrected chi connectivity index (χ0v) is 14.7. The second-order valence-corrected chi connectivity index (χ2v) is 6.41. The normalized spacial score (nSPS) is 17.6. The third-order valence-corrected chi connectivity index (χ3v) is 4.70. The molecule has 3 rings (SSSR count).